The molecule has 5 rings (SSSR count). The standard InChI is InChI=1S/C32H36/c1-3-23-5-9-25(10-6-23)26-13-15-28(16-14-26)30-18-20-31-21-29(17-19-32(31)22-30)27-11-7-24(4-2)8-12-27/h3,7-8,11-16,18,20,22-23,25,29H,1,4-6,9-10,17,19,21H2,2H3. The minimum absolute atomic E-state index is 0.662. The van der Waals surface area contributed by atoms with Crippen molar-refractivity contribution >= 4 is 0 Å². The SMILES string of the molecule is C=CC1CCC(c2ccc(-c3ccc4c(c3)CCC(c3ccc(CC)cc3)C4)cc2)CC1. The molecule has 0 heterocycles. The second-order valence-electron chi connectivity index (χ2n) is 9.99. The molecule has 1 unspecified atom stereocenters. The highest BCUT2D eigenvalue weighted by molar-refractivity contribution is 5.65. The first-order valence-corrected chi connectivity index (χ1v) is 12.7. The lowest BCUT2D eigenvalue weighted by Crippen LogP contribution is -2.13. The molecule has 0 heteroatoms. The number of fused-ring (bicyclic) bond motifs is 1. The summed E-state index contributed by atoms with van der Waals surface area (Å²) in [6, 6.07) is 26.0. The maximum absolute atomic E-state index is 3.98. The van der Waals surface area contributed by atoms with Crippen molar-refractivity contribution < 1.29 is 0 Å². The molecule has 1 atom stereocenters. The molecule has 2 aliphatic carbocycles. The van der Waals surface area contributed by atoms with Crippen molar-refractivity contribution in [2.45, 2.75) is 70.1 Å². The highest BCUT2D eigenvalue weighted by Gasteiger charge is 2.22. The minimum Gasteiger partial charge on any atom is -0.103 e. The molecular weight excluding hydrogens is 384 g/mol. The third-order valence-corrected chi connectivity index (χ3v) is 8.11. The number of hydrogen-bond acceptors (Lipinski definition) is 0. The van der Waals surface area contributed by atoms with E-state index < -0.39 is 0 Å². The van der Waals surface area contributed by atoms with E-state index in [9.17, 15) is 0 Å². The van der Waals surface area contributed by atoms with Crippen molar-refractivity contribution in [1.82, 2.24) is 0 Å². The van der Waals surface area contributed by atoms with Gasteiger partial charge in [-0.3, -0.25) is 0 Å². The van der Waals surface area contributed by atoms with E-state index >= 15 is 0 Å². The van der Waals surface area contributed by atoms with Gasteiger partial charge in [0.25, 0.3) is 0 Å². The van der Waals surface area contributed by atoms with Gasteiger partial charge in [0.1, 0.15) is 0 Å². The van der Waals surface area contributed by atoms with Crippen molar-refractivity contribution in [2.24, 2.45) is 5.92 Å². The second kappa shape index (κ2) is 9.49. The molecule has 0 aromatic heterocycles. The van der Waals surface area contributed by atoms with E-state index in [1.807, 2.05) is 0 Å². The van der Waals surface area contributed by atoms with Gasteiger partial charge in [0, 0.05) is 0 Å². The Morgan fingerprint density at radius 1 is 0.719 bits per heavy atom. The molecule has 0 spiro atoms. The molecule has 0 nitrogen and oxygen atoms in total. The minimum atomic E-state index is 0.662. The topological polar surface area (TPSA) is 0 Å². The van der Waals surface area contributed by atoms with Gasteiger partial charge < -0.3 is 0 Å². The third kappa shape index (κ3) is 4.46. The van der Waals surface area contributed by atoms with Crippen LogP contribution in [0.25, 0.3) is 11.1 Å². The van der Waals surface area contributed by atoms with Crippen molar-refractivity contribution in [1.29, 1.82) is 0 Å². The smallest absolute Gasteiger partial charge is 0.0118 e. The van der Waals surface area contributed by atoms with Crippen LogP contribution in [0.5, 0.6) is 0 Å². The molecule has 2 aliphatic rings. The van der Waals surface area contributed by atoms with E-state index in [2.05, 4.69) is 86.3 Å². The normalized spacial score (nSPS) is 22.8. The quantitative estimate of drug-likeness (QED) is 0.362. The lowest BCUT2D eigenvalue weighted by molar-refractivity contribution is 0.376. The molecule has 0 radical (unpaired) electrons. The summed E-state index contributed by atoms with van der Waals surface area (Å²) in [6.07, 6.45) is 12.1. The van der Waals surface area contributed by atoms with E-state index in [1.54, 1.807) is 11.1 Å². The zero-order valence-electron chi connectivity index (χ0n) is 19.5. The van der Waals surface area contributed by atoms with Crippen molar-refractivity contribution in [3.63, 3.8) is 0 Å². The van der Waals surface area contributed by atoms with E-state index in [0.717, 1.165) is 18.3 Å². The Labute approximate surface area is 194 Å². The molecule has 0 amide bonds. The Balaban J connectivity index is 1.28. The maximum Gasteiger partial charge on any atom is -0.0118 e. The summed E-state index contributed by atoms with van der Waals surface area (Å²) in [6.45, 7) is 6.21. The molecule has 3 aromatic rings. The average molecular weight is 421 g/mol. The predicted molar refractivity (Wildman–Crippen MR) is 137 cm³/mol. The predicted octanol–water partition coefficient (Wildman–Crippen LogP) is 8.65. The summed E-state index contributed by atoms with van der Waals surface area (Å²) in [5.74, 6) is 2.12. The molecular formula is C32H36. The van der Waals surface area contributed by atoms with Crippen LogP contribution in [0.15, 0.2) is 79.4 Å². The van der Waals surface area contributed by atoms with Gasteiger partial charge in [0.2, 0.25) is 0 Å². The Bertz CT molecular complexity index is 1050. The highest BCUT2D eigenvalue weighted by atomic mass is 14.3. The maximum atomic E-state index is 3.98. The van der Waals surface area contributed by atoms with Crippen LogP contribution in [-0.4, -0.2) is 0 Å². The molecule has 0 bridgehead atoms. The van der Waals surface area contributed by atoms with Crippen LogP contribution in [0, 0.1) is 5.92 Å². The van der Waals surface area contributed by atoms with Crippen LogP contribution in [0.2, 0.25) is 0 Å². The van der Waals surface area contributed by atoms with Gasteiger partial charge in [0.15, 0.2) is 0 Å². The molecule has 3 aromatic carbocycles. The van der Waals surface area contributed by atoms with Gasteiger partial charge in [-0.25, -0.2) is 0 Å². The third-order valence-electron chi connectivity index (χ3n) is 8.11. The number of allylic oxidation sites excluding steroid dienone is 1. The lowest BCUT2D eigenvalue weighted by Gasteiger charge is -2.27. The van der Waals surface area contributed by atoms with E-state index in [-0.39, 0.29) is 0 Å². The Hall–Kier alpha value is -2.60. The van der Waals surface area contributed by atoms with Crippen LogP contribution in [0.1, 0.15) is 78.7 Å². The first kappa shape index (κ1) is 21.3. The van der Waals surface area contributed by atoms with Crippen LogP contribution in [0.4, 0.5) is 0 Å². The Morgan fingerprint density at radius 3 is 2.06 bits per heavy atom. The zero-order chi connectivity index (χ0) is 21.9. The number of hydrogen-bond donors (Lipinski definition) is 0. The monoisotopic (exact) mass is 420 g/mol. The Kier molecular flexibility index (Phi) is 6.30. The summed E-state index contributed by atoms with van der Waals surface area (Å²) in [5.41, 5.74) is 10.3. The number of aryl methyl sites for hydroxylation is 2. The molecule has 0 N–H and O–H groups in total. The van der Waals surface area contributed by atoms with Crippen molar-refractivity contribution in [2.75, 3.05) is 0 Å². The van der Waals surface area contributed by atoms with E-state index in [1.165, 1.54) is 72.8 Å². The van der Waals surface area contributed by atoms with Gasteiger partial charge >= 0.3 is 0 Å². The fraction of sp³-hybridized carbons (Fsp3) is 0.375. The Morgan fingerprint density at radius 2 is 1.38 bits per heavy atom. The van der Waals surface area contributed by atoms with Gasteiger partial charge in [-0.15, -0.1) is 6.58 Å². The number of rotatable bonds is 5. The first-order valence-electron chi connectivity index (χ1n) is 12.7. The van der Waals surface area contributed by atoms with Crippen molar-refractivity contribution in [3.05, 3.63) is 107 Å². The van der Waals surface area contributed by atoms with Crippen LogP contribution >= 0.6 is 0 Å². The van der Waals surface area contributed by atoms with Gasteiger partial charge in [-0.2, -0.15) is 0 Å². The second-order valence-corrected chi connectivity index (χ2v) is 9.99. The first-order chi connectivity index (χ1) is 15.7. The molecule has 32 heavy (non-hydrogen) atoms. The zero-order valence-corrected chi connectivity index (χ0v) is 19.5. The largest absolute Gasteiger partial charge is 0.103 e. The summed E-state index contributed by atoms with van der Waals surface area (Å²) in [5, 5.41) is 0. The average Bonchev–Trinajstić information content (AvgIpc) is 2.88. The van der Waals surface area contributed by atoms with Crippen LogP contribution in [-0.2, 0) is 19.3 Å². The van der Waals surface area contributed by atoms with Crippen molar-refractivity contribution in [3.8, 4) is 11.1 Å². The van der Waals surface area contributed by atoms with Crippen LogP contribution in [0.3, 0.4) is 0 Å². The highest BCUT2D eigenvalue weighted by Crippen LogP contribution is 2.38. The molecule has 0 saturated heterocycles. The van der Waals surface area contributed by atoms with Gasteiger partial charge in [-0.05, 0) is 108 Å². The molecule has 164 valence electrons. The summed E-state index contributed by atoms with van der Waals surface area (Å²) < 4.78 is 0. The van der Waals surface area contributed by atoms with E-state index in [4.69, 9.17) is 0 Å². The molecule has 0 aliphatic heterocycles. The van der Waals surface area contributed by atoms with Gasteiger partial charge in [0.05, 0.1) is 0 Å². The summed E-state index contributed by atoms with van der Waals surface area (Å²) in [4.78, 5) is 0. The van der Waals surface area contributed by atoms with Gasteiger partial charge in [-0.1, -0.05) is 79.7 Å². The van der Waals surface area contributed by atoms with Crippen LogP contribution < -0.4 is 0 Å². The fourth-order valence-electron chi connectivity index (χ4n) is 5.88. The molecule has 1 fully saturated rings. The number of benzene rings is 3. The summed E-state index contributed by atoms with van der Waals surface area (Å²) >= 11 is 0. The molecule has 1 saturated carbocycles. The lowest BCUT2D eigenvalue weighted by atomic mass is 9.78. The van der Waals surface area contributed by atoms with E-state index in [0.29, 0.717) is 5.92 Å². The summed E-state index contributed by atoms with van der Waals surface area (Å²) in [7, 11) is 0. The fourth-order valence-corrected chi connectivity index (χ4v) is 5.88.